The molecule has 2 unspecified atom stereocenters. The maximum absolute atomic E-state index is 13.6. The van der Waals surface area contributed by atoms with E-state index in [0.717, 1.165) is 24.0 Å². The fraction of sp³-hybridized carbons (Fsp3) is 0.333. The Labute approximate surface area is 124 Å². The van der Waals surface area contributed by atoms with Gasteiger partial charge in [0.15, 0.2) is 11.6 Å². The highest BCUT2D eigenvalue weighted by Crippen LogP contribution is 2.39. The van der Waals surface area contributed by atoms with Crippen molar-refractivity contribution in [1.29, 1.82) is 0 Å². The molecule has 2 N–H and O–H groups in total. The first-order chi connectivity index (χ1) is 10.1. The molecule has 0 fully saturated rings. The lowest BCUT2D eigenvalue weighted by Crippen LogP contribution is -2.10. The molecule has 0 aliphatic carbocycles. The molecule has 0 amide bonds. The first-order valence-electron chi connectivity index (χ1n) is 7.34. The molecule has 0 spiro atoms. The van der Waals surface area contributed by atoms with Crippen LogP contribution in [0.2, 0.25) is 0 Å². The third-order valence-electron chi connectivity index (χ3n) is 4.09. The lowest BCUT2D eigenvalue weighted by Gasteiger charge is -2.26. The molecule has 3 heteroatoms. The quantitative estimate of drug-likeness (QED) is 0.819. The molecule has 0 aromatic heterocycles. The van der Waals surface area contributed by atoms with Crippen LogP contribution in [-0.2, 0) is 0 Å². The fourth-order valence-electron chi connectivity index (χ4n) is 2.98. The minimum atomic E-state index is -0.577. The van der Waals surface area contributed by atoms with Crippen molar-refractivity contribution in [2.45, 2.75) is 38.5 Å². The van der Waals surface area contributed by atoms with Crippen molar-refractivity contribution in [1.82, 2.24) is 0 Å². The summed E-state index contributed by atoms with van der Waals surface area (Å²) >= 11 is 0. The van der Waals surface area contributed by atoms with E-state index in [1.165, 1.54) is 12.1 Å². The van der Waals surface area contributed by atoms with Crippen molar-refractivity contribution < 1.29 is 14.6 Å². The third-order valence-corrected chi connectivity index (χ3v) is 4.09. The van der Waals surface area contributed by atoms with Gasteiger partial charge >= 0.3 is 0 Å². The van der Waals surface area contributed by atoms with Crippen molar-refractivity contribution >= 4 is 0 Å². The van der Waals surface area contributed by atoms with E-state index in [1.54, 1.807) is 18.2 Å². The monoisotopic (exact) mass is 288 g/mol. The van der Waals surface area contributed by atoms with Gasteiger partial charge in [0.25, 0.3) is 0 Å². The topological polar surface area (TPSA) is 40.5 Å². The minimum absolute atomic E-state index is 0.176. The summed E-state index contributed by atoms with van der Waals surface area (Å²) in [5.41, 5.74) is 2.03. The Hall–Kier alpha value is -2.03. The average Bonchev–Trinajstić information content (AvgIpc) is 2.49. The zero-order chi connectivity index (χ0) is 15.4. The van der Waals surface area contributed by atoms with Gasteiger partial charge in [-0.25, -0.2) is 4.39 Å². The predicted molar refractivity (Wildman–Crippen MR) is 82.2 cm³/mol. The van der Waals surface area contributed by atoms with Crippen LogP contribution in [0.5, 0.6) is 11.5 Å². The minimum Gasteiger partial charge on any atom is -0.508 e. The van der Waals surface area contributed by atoms with Gasteiger partial charge in [-0.3, -0.25) is 0 Å². The van der Waals surface area contributed by atoms with E-state index in [9.17, 15) is 14.6 Å². The number of hydrogen-bond acceptors (Lipinski definition) is 2. The van der Waals surface area contributed by atoms with Gasteiger partial charge in [0.05, 0.1) is 0 Å². The van der Waals surface area contributed by atoms with Crippen LogP contribution in [0.25, 0.3) is 0 Å². The summed E-state index contributed by atoms with van der Waals surface area (Å²) in [5.74, 6) is -0.218. The van der Waals surface area contributed by atoms with Crippen LogP contribution in [0.1, 0.15) is 49.7 Å². The molecule has 21 heavy (non-hydrogen) atoms. The Kier molecular flexibility index (Phi) is 4.84. The van der Waals surface area contributed by atoms with Gasteiger partial charge in [-0.1, -0.05) is 32.0 Å². The summed E-state index contributed by atoms with van der Waals surface area (Å²) in [4.78, 5) is 0. The fourth-order valence-corrected chi connectivity index (χ4v) is 2.98. The largest absolute Gasteiger partial charge is 0.508 e. The van der Waals surface area contributed by atoms with Crippen LogP contribution >= 0.6 is 0 Å². The summed E-state index contributed by atoms with van der Waals surface area (Å²) in [6, 6.07) is 11.8. The van der Waals surface area contributed by atoms with Crippen LogP contribution in [-0.4, -0.2) is 10.2 Å². The smallest absolute Gasteiger partial charge is 0.165 e. The number of halogens is 1. The number of hydrogen-bond donors (Lipinski definition) is 2. The van der Waals surface area contributed by atoms with Crippen molar-refractivity contribution in [2.75, 3.05) is 0 Å². The normalized spacial score (nSPS) is 13.9. The van der Waals surface area contributed by atoms with E-state index in [2.05, 4.69) is 13.8 Å². The summed E-state index contributed by atoms with van der Waals surface area (Å²) in [6.45, 7) is 4.19. The van der Waals surface area contributed by atoms with Crippen LogP contribution < -0.4 is 0 Å². The number of benzene rings is 2. The molecule has 2 aromatic rings. The van der Waals surface area contributed by atoms with Crippen LogP contribution in [0, 0.1) is 5.82 Å². The van der Waals surface area contributed by atoms with Gasteiger partial charge in [-0.15, -0.1) is 0 Å². The number of aromatic hydroxyl groups is 2. The van der Waals surface area contributed by atoms with Crippen molar-refractivity contribution in [3.63, 3.8) is 0 Å². The highest BCUT2D eigenvalue weighted by atomic mass is 19.1. The van der Waals surface area contributed by atoms with Gasteiger partial charge in [0.2, 0.25) is 0 Å². The molecular weight excluding hydrogens is 267 g/mol. The van der Waals surface area contributed by atoms with Gasteiger partial charge in [-0.2, -0.15) is 0 Å². The average molecular weight is 288 g/mol. The molecule has 0 heterocycles. The van der Waals surface area contributed by atoms with Crippen LogP contribution in [0.4, 0.5) is 4.39 Å². The predicted octanol–water partition coefficient (Wildman–Crippen LogP) is 4.92. The molecule has 0 bridgehead atoms. The molecule has 112 valence electrons. The first-order valence-corrected chi connectivity index (χ1v) is 7.34. The number of rotatable bonds is 5. The van der Waals surface area contributed by atoms with E-state index >= 15 is 0 Å². The number of phenols is 2. The zero-order valence-corrected chi connectivity index (χ0v) is 12.4. The maximum Gasteiger partial charge on any atom is 0.165 e. The van der Waals surface area contributed by atoms with Crippen LogP contribution in [0.3, 0.4) is 0 Å². The Morgan fingerprint density at radius 3 is 1.90 bits per heavy atom. The summed E-state index contributed by atoms with van der Waals surface area (Å²) in [5, 5.41) is 18.8. The first kappa shape index (κ1) is 15.4. The molecule has 0 radical (unpaired) electrons. The molecule has 2 rings (SSSR count). The van der Waals surface area contributed by atoms with Gasteiger partial charge in [0.1, 0.15) is 5.75 Å². The lowest BCUT2D eigenvalue weighted by molar-refractivity contribution is 0.429. The SMILES string of the molecule is CCC(c1ccc(O)cc1)C(CC)c1ccc(O)c(F)c1. The Bertz CT molecular complexity index is 593. The maximum atomic E-state index is 13.6. The second kappa shape index (κ2) is 6.61. The number of phenolic OH excluding ortho intramolecular Hbond substituents is 2. The summed E-state index contributed by atoms with van der Waals surface area (Å²) in [6.07, 6.45) is 1.80. The van der Waals surface area contributed by atoms with E-state index < -0.39 is 5.82 Å². The van der Waals surface area contributed by atoms with Gasteiger partial charge in [-0.05, 0) is 60.1 Å². The second-order valence-electron chi connectivity index (χ2n) is 5.33. The molecule has 2 aromatic carbocycles. The van der Waals surface area contributed by atoms with Gasteiger partial charge in [0, 0.05) is 0 Å². The van der Waals surface area contributed by atoms with E-state index in [-0.39, 0.29) is 23.3 Å². The molecule has 0 saturated carbocycles. The molecule has 0 saturated heterocycles. The Morgan fingerprint density at radius 2 is 1.38 bits per heavy atom. The van der Waals surface area contributed by atoms with Crippen molar-refractivity contribution in [3.8, 4) is 11.5 Å². The van der Waals surface area contributed by atoms with Crippen molar-refractivity contribution in [3.05, 3.63) is 59.4 Å². The van der Waals surface area contributed by atoms with E-state index in [0.29, 0.717) is 0 Å². The molecule has 2 nitrogen and oxygen atoms in total. The second-order valence-corrected chi connectivity index (χ2v) is 5.33. The van der Waals surface area contributed by atoms with Gasteiger partial charge < -0.3 is 10.2 Å². The highest BCUT2D eigenvalue weighted by Gasteiger charge is 2.22. The van der Waals surface area contributed by atoms with E-state index in [4.69, 9.17) is 0 Å². The Morgan fingerprint density at radius 1 is 0.857 bits per heavy atom. The lowest BCUT2D eigenvalue weighted by atomic mass is 9.78. The van der Waals surface area contributed by atoms with E-state index in [1.807, 2.05) is 12.1 Å². The molecule has 0 aliphatic rings. The third kappa shape index (κ3) is 3.35. The summed E-state index contributed by atoms with van der Waals surface area (Å²) in [7, 11) is 0. The molecular formula is C18H21FO2. The van der Waals surface area contributed by atoms with Crippen molar-refractivity contribution in [2.24, 2.45) is 0 Å². The zero-order valence-electron chi connectivity index (χ0n) is 12.4. The highest BCUT2D eigenvalue weighted by molar-refractivity contribution is 5.35. The standard InChI is InChI=1S/C18H21FO2/c1-3-15(12-5-8-14(20)9-6-12)16(4-2)13-7-10-18(21)17(19)11-13/h5-11,15-16,20-21H,3-4H2,1-2H3. The molecule has 0 aliphatic heterocycles. The van der Waals surface area contributed by atoms with Crippen LogP contribution in [0.15, 0.2) is 42.5 Å². The Balaban J connectivity index is 2.36. The summed E-state index contributed by atoms with van der Waals surface area (Å²) < 4.78 is 13.6. The molecule has 2 atom stereocenters.